The van der Waals surface area contributed by atoms with Crippen LogP contribution in [0.15, 0.2) is 23.0 Å². The van der Waals surface area contributed by atoms with E-state index in [1.165, 1.54) is 0 Å². The Balaban J connectivity index is 1.94. The van der Waals surface area contributed by atoms with Crippen LogP contribution in [0.25, 0.3) is 11.0 Å². The maximum absolute atomic E-state index is 11.3. The van der Waals surface area contributed by atoms with Crippen LogP contribution in [0.2, 0.25) is 0 Å². The normalized spacial score (nSPS) is 12.5. The summed E-state index contributed by atoms with van der Waals surface area (Å²) in [5, 5.41) is 11.4. The zero-order valence-corrected chi connectivity index (χ0v) is 10.3. The lowest BCUT2D eigenvalue weighted by Gasteiger charge is -2.09. The SMILES string of the molecule is NC(CO)C(=O)NCCc1ccc2[nH]c(=O)[nH]c2c1. The predicted octanol–water partition coefficient (Wildman–Crippen LogP) is -1.17. The number of benzene rings is 1. The Hall–Kier alpha value is -2.12. The van der Waals surface area contributed by atoms with Crippen molar-refractivity contribution in [3.8, 4) is 0 Å². The maximum Gasteiger partial charge on any atom is 0.323 e. The maximum atomic E-state index is 11.3. The fraction of sp³-hybridized carbons (Fsp3) is 0.333. The van der Waals surface area contributed by atoms with Crippen molar-refractivity contribution in [1.82, 2.24) is 15.3 Å². The quantitative estimate of drug-likeness (QED) is 0.467. The minimum Gasteiger partial charge on any atom is -0.394 e. The molecule has 2 aromatic rings. The van der Waals surface area contributed by atoms with E-state index in [1.807, 2.05) is 18.2 Å². The molecule has 1 aromatic heterocycles. The summed E-state index contributed by atoms with van der Waals surface area (Å²) in [6.07, 6.45) is 0.618. The molecule has 1 aromatic carbocycles. The van der Waals surface area contributed by atoms with E-state index < -0.39 is 6.04 Å². The van der Waals surface area contributed by atoms with Gasteiger partial charge in [-0.1, -0.05) is 6.07 Å². The molecule has 1 amide bonds. The van der Waals surface area contributed by atoms with Gasteiger partial charge in [-0.25, -0.2) is 4.79 Å². The van der Waals surface area contributed by atoms with Gasteiger partial charge in [0.2, 0.25) is 5.91 Å². The number of rotatable bonds is 5. The first-order chi connectivity index (χ1) is 9.10. The molecule has 0 bridgehead atoms. The van der Waals surface area contributed by atoms with E-state index in [0.29, 0.717) is 13.0 Å². The Labute approximate surface area is 108 Å². The smallest absolute Gasteiger partial charge is 0.323 e. The third-order valence-electron chi connectivity index (χ3n) is 2.83. The summed E-state index contributed by atoms with van der Waals surface area (Å²) < 4.78 is 0. The number of carbonyl (C=O) groups is 1. The number of imidazole rings is 1. The van der Waals surface area contributed by atoms with Gasteiger partial charge >= 0.3 is 5.69 Å². The van der Waals surface area contributed by atoms with E-state index in [2.05, 4.69) is 15.3 Å². The molecular weight excluding hydrogens is 248 g/mol. The molecule has 1 unspecified atom stereocenters. The van der Waals surface area contributed by atoms with Gasteiger partial charge in [-0.15, -0.1) is 0 Å². The van der Waals surface area contributed by atoms with Crippen LogP contribution in [0.4, 0.5) is 0 Å². The summed E-state index contributed by atoms with van der Waals surface area (Å²) in [7, 11) is 0. The van der Waals surface area contributed by atoms with Gasteiger partial charge in [0, 0.05) is 6.54 Å². The number of nitrogens with one attached hydrogen (secondary N) is 3. The van der Waals surface area contributed by atoms with Crippen LogP contribution >= 0.6 is 0 Å². The fourth-order valence-corrected chi connectivity index (χ4v) is 1.78. The fourth-order valence-electron chi connectivity index (χ4n) is 1.78. The lowest BCUT2D eigenvalue weighted by atomic mass is 10.1. The number of amides is 1. The van der Waals surface area contributed by atoms with E-state index in [1.54, 1.807) is 0 Å². The number of aromatic amines is 2. The van der Waals surface area contributed by atoms with Crippen LogP contribution in [0.5, 0.6) is 0 Å². The Morgan fingerprint density at radius 2 is 2.11 bits per heavy atom. The van der Waals surface area contributed by atoms with E-state index >= 15 is 0 Å². The second-order valence-corrected chi connectivity index (χ2v) is 4.29. The molecule has 0 fully saturated rings. The third kappa shape index (κ3) is 3.21. The molecule has 0 spiro atoms. The van der Waals surface area contributed by atoms with E-state index in [-0.39, 0.29) is 18.2 Å². The van der Waals surface area contributed by atoms with Crippen molar-refractivity contribution in [2.45, 2.75) is 12.5 Å². The highest BCUT2D eigenvalue weighted by Crippen LogP contribution is 2.10. The largest absolute Gasteiger partial charge is 0.394 e. The summed E-state index contributed by atoms with van der Waals surface area (Å²) >= 11 is 0. The van der Waals surface area contributed by atoms with Crippen molar-refractivity contribution in [2.24, 2.45) is 5.73 Å². The Bertz CT molecular complexity index is 631. The van der Waals surface area contributed by atoms with E-state index in [9.17, 15) is 9.59 Å². The predicted molar refractivity (Wildman–Crippen MR) is 70.7 cm³/mol. The standard InChI is InChI=1S/C12H16N4O3/c13-8(6-17)11(18)14-4-3-7-1-2-9-10(5-7)16-12(19)15-9/h1-2,5,8,17H,3-4,6,13H2,(H,14,18)(H2,15,16,19). The Morgan fingerprint density at radius 1 is 1.37 bits per heavy atom. The zero-order chi connectivity index (χ0) is 13.8. The van der Waals surface area contributed by atoms with Gasteiger partial charge in [-0.2, -0.15) is 0 Å². The van der Waals surface area contributed by atoms with Crippen LogP contribution in [-0.2, 0) is 11.2 Å². The Morgan fingerprint density at radius 3 is 2.84 bits per heavy atom. The first-order valence-corrected chi connectivity index (χ1v) is 5.95. The molecule has 19 heavy (non-hydrogen) atoms. The van der Waals surface area contributed by atoms with Gasteiger partial charge in [0.25, 0.3) is 0 Å². The molecule has 1 atom stereocenters. The molecule has 0 aliphatic heterocycles. The number of aliphatic hydroxyl groups is 1. The van der Waals surface area contributed by atoms with Gasteiger partial charge in [-0.05, 0) is 24.1 Å². The summed E-state index contributed by atoms with van der Waals surface area (Å²) in [6, 6.07) is 4.66. The second kappa shape index (κ2) is 5.68. The number of fused-ring (bicyclic) bond motifs is 1. The molecule has 0 saturated heterocycles. The highest BCUT2D eigenvalue weighted by Gasteiger charge is 2.10. The highest BCUT2D eigenvalue weighted by molar-refractivity contribution is 5.81. The molecule has 102 valence electrons. The second-order valence-electron chi connectivity index (χ2n) is 4.29. The number of hydrogen-bond acceptors (Lipinski definition) is 4. The lowest BCUT2D eigenvalue weighted by Crippen LogP contribution is -2.43. The van der Waals surface area contributed by atoms with Gasteiger partial charge in [0.1, 0.15) is 6.04 Å². The number of aliphatic hydroxyl groups excluding tert-OH is 1. The summed E-state index contributed by atoms with van der Waals surface area (Å²) in [5.74, 6) is -0.376. The molecule has 2 rings (SSSR count). The molecule has 1 heterocycles. The van der Waals surface area contributed by atoms with Crippen molar-refractivity contribution >= 4 is 16.9 Å². The summed E-state index contributed by atoms with van der Waals surface area (Å²) in [4.78, 5) is 27.8. The molecular formula is C12H16N4O3. The molecule has 6 N–H and O–H groups in total. The van der Waals surface area contributed by atoms with Gasteiger partial charge in [-0.3, -0.25) is 4.79 Å². The lowest BCUT2D eigenvalue weighted by molar-refractivity contribution is -0.123. The van der Waals surface area contributed by atoms with Gasteiger partial charge in [0.15, 0.2) is 0 Å². The average molecular weight is 264 g/mol. The number of hydrogen-bond donors (Lipinski definition) is 5. The minimum atomic E-state index is -0.886. The number of carbonyl (C=O) groups excluding carboxylic acids is 1. The Kier molecular flexibility index (Phi) is 3.98. The third-order valence-corrected chi connectivity index (χ3v) is 2.83. The number of nitrogens with two attached hydrogens (primary N) is 1. The number of aromatic nitrogens is 2. The van der Waals surface area contributed by atoms with E-state index in [4.69, 9.17) is 10.8 Å². The van der Waals surface area contributed by atoms with Crippen molar-refractivity contribution in [2.75, 3.05) is 13.2 Å². The van der Waals surface area contributed by atoms with Crippen LogP contribution in [0.1, 0.15) is 5.56 Å². The van der Waals surface area contributed by atoms with Crippen LogP contribution in [-0.4, -0.2) is 40.2 Å². The van der Waals surface area contributed by atoms with Gasteiger partial charge in [0.05, 0.1) is 17.6 Å². The molecule has 7 nitrogen and oxygen atoms in total. The topological polar surface area (TPSA) is 124 Å². The van der Waals surface area contributed by atoms with E-state index in [0.717, 1.165) is 16.6 Å². The van der Waals surface area contributed by atoms with Crippen molar-refractivity contribution in [3.05, 3.63) is 34.2 Å². The van der Waals surface area contributed by atoms with Crippen molar-refractivity contribution in [3.63, 3.8) is 0 Å². The summed E-state index contributed by atoms with van der Waals surface area (Å²) in [5.41, 5.74) is 7.60. The molecule has 7 heteroatoms. The molecule has 0 saturated carbocycles. The molecule has 0 radical (unpaired) electrons. The van der Waals surface area contributed by atoms with Gasteiger partial charge < -0.3 is 26.1 Å². The highest BCUT2D eigenvalue weighted by atomic mass is 16.3. The zero-order valence-electron chi connectivity index (χ0n) is 10.3. The van der Waals surface area contributed by atoms with Crippen LogP contribution in [0.3, 0.4) is 0 Å². The molecule has 0 aliphatic carbocycles. The van der Waals surface area contributed by atoms with Crippen LogP contribution < -0.4 is 16.7 Å². The average Bonchev–Trinajstić information content (AvgIpc) is 2.77. The van der Waals surface area contributed by atoms with Crippen molar-refractivity contribution in [1.29, 1.82) is 0 Å². The minimum absolute atomic E-state index is 0.241. The first kappa shape index (κ1) is 13.3. The van der Waals surface area contributed by atoms with Crippen molar-refractivity contribution < 1.29 is 9.90 Å². The monoisotopic (exact) mass is 264 g/mol. The molecule has 0 aliphatic rings. The summed E-state index contributed by atoms with van der Waals surface area (Å²) in [6.45, 7) is 0.0507. The number of H-pyrrole nitrogens is 2. The first-order valence-electron chi connectivity index (χ1n) is 5.95. The van der Waals surface area contributed by atoms with Crippen LogP contribution in [0, 0.1) is 0 Å².